The summed E-state index contributed by atoms with van der Waals surface area (Å²) in [5.41, 5.74) is 6.85. The van der Waals surface area contributed by atoms with E-state index in [0.29, 0.717) is 6.54 Å². The molecule has 0 bridgehead atoms. The molecule has 16 heavy (non-hydrogen) atoms. The SMILES string of the molecule is Cn1cncc1C(CN)NCCCCCO. The molecule has 0 aromatic carbocycles. The minimum atomic E-state index is 0.168. The molecule has 0 amide bonds. The van der Waals surface area contributed by atoms with Gasteiger partial charge in [0.25, 0.3) is 0 Å². The quantitative estimate of drug-likeness (QED) is 0.552. The highest BCUT2D eigenvalue weighted by atomic mass is 16.2. The maximum atomic E-state index is 8.66. The second-order valence-corrected chi connectivity index (χ2v) is 3.96. The molecule has 1 rings (SSSR count). The third kappa shape index (κ3) is 3.92. The average Bonchev–Trinajstić information content (AvgIpc) is 2.70. The van der Waals surface area contributed by atoms with Crippen LogP contribution >= 0.6 is 0 Å². The first-order valence-electron chi connectivity index (χ1n) is 5.80. The molecule has 5 nitrogen and oxygen atoms in total. The Balaban J connectivity index is 2.30. The van der Waals surface area contributed by atoms with Crippen LogP contribution in [0.25, 0.3) is 0 Å². The van der Waals surface area contributed by atoms with Gasteiger partial charge in [-0.25, -0.2) is 4.98 Å². The number of hydrogen-bond donors (Lipinski definition) is 3. The van der Waals surface area contributed by atoms with Gasteiger partial charge in [-0.15, -0.1) is 0 Å². The van der Waals surface area contributed by atoms with Crippen molar-refractivity contribution in [2.24, 2.45) is 12.8 Å². The Morgan fingerprint density at radius 3 is 2.88 bits per heavy atom. The van der Waals surface area contributed by atoms with Crippen LogP contribution in [0.2, 0.25) is 0 Å². The van der Waals surface area contributed by atoms with E-state index in [9.17, 15) is 0 Å². The highest BCUT2D eigenvalue weighted by molar-refractivity contribution is 5.05. The lowest BCUT2D eigenvalue weighted by Crippen LogP contribution is -2.30. The summed E-state index contributed by atoms with van der Waals surface area (Å²) in [6.07, 6.45) is 6.62. The molecular weight excluding hydrogens is 204 g/mol. The van der Waals surface area contributed by atoms with E-state index in [-0.39, 0.29) is 12.6 Å². The fourth-order valence-corrected chi connectivity index (χ4v) is 1.70. The summed E-state index contributed by atoms with van der Waals surface area (Å²) in [5.74, 6) is 0. The van der Waals surface area contributed by atoms with Crippen molar-refractivity contribution in [3.8, 4) is 0 Å². The monoisotopic (exact) mass is 226 g/mol. The number of aliphatic hydroxyl groups is 1. The summed E-state index contributed by atoms with van der Waals surface area (Å²) in [6.45, 7) is 1.77. The Hall–Kier alpha value is -0.910. The molecule has 0 fully saturated rings. The first kappa shape index (κ1) is 13.2. The fraction of sp³-hybridized carbons (Fsp3) is 0.727. The molecule has 1 aromatic rings. The topological polar surface area (TPSA) is 76.1 Å². The summed E-state index contributed by atoms with van der Waals surface area (Å²) < 4.78 is 1.98. The van der Waals surface area contributed by atoms with E-state index < -0.39 is 0 Å². The van der Waals surface area contributed by atoms with Gasteiger partial charge in [0.1, 0.15) is 0 Å². The number of aromatic nitrogens is 2. The molecule has 92 valence electrons. The van der Waals surface area contributed by atoms with Crippen molar-refractivity contribution in [1.82, 2.24) is 14.9 Å². The normalized spacial score (nSPS) is 12.9. The first-order valence-corrected chi connectivity index (χ1v) is 5.80. The Morgan fingerprint density at radius 1 is 1.50 bits per heavy atom. The van der Waals surface area contributed by atoms with Crippen molar-refractivity contribution < 1.29 is 5.11 Å². The number of aryl methyl sites for hydroxylation is 1. The number of nitrogens with two attached hydrogens (primary N) is 1. The van der Waals surface area contributed by atoms with Crippen molar-refractivity contribution in [3.63, 3.8) is 0 Å². The van der Waals surface area contributed by atoms with Crippen LogP contribution in [0.1, 0.15) is 31.0 Å². The van der Waals surface area contributed by atoms with E-state index in [0.717, 1.165) is 31.5 Å². The van der Waals surface area contributed by atoms with Crippen molar-refractivity contribution in [2.45, 2.75) is 25.3 Å². The van der Waals surface area contributed by atoms with Gasteiger partial charge in [-0.1, -0.05) is 0 Å². The maximum absolute atomic E-state index is 8.66. The predicted molar refractivity (Wildman–Crippen MR) is 63.9 cm³/mol. The molecular formula is C11H22N4O. The van der Waals surface area contributed by atoms with Gasteiger partial charge in [0.05, 0.1) is 18.1 Å². The Morgan fingerprint density at radius 2 is 2.31 bits per heavy atom. The van der Waals surface area contributed by atoms with Crippen LogP contribution in [0.3, 0.4) is 0 Å². The van der Waals surface area contributed by atoms with Crippen LogP contribution in [0.15, 0.2) is 12.5 Å². The lowest BCUT2D eigenvalue weighted by molar-refractivity contribution is 0.282. The number of hydrogen-bond acceptors (Lipinski definition) is 4. The summed E-state index contributed by atoms with van der Waals surface area (Å²) >= 11 is 0. The Kier molecular flexibility index (Phi) is 6.07. The molecule has 4 N–H and O–H groups in total. The predicted octanol–water partition coefficient (Wildman–Crippen LogP) is 0.172. The number of aliphatic hydroxyl groups excluding tert-OH is 1. The lowest BCUT2D eigenvalue weighted by Gasteiger charge is -2.17. The van der Waals surface area contributed by atoms with Gasteiger partial charge in [0, 0.05) is 26.4 Å². The standard InChI is InChI=1S/C11H22N4O/c1-15-9-13-8-11(15)10(7-12)14-5-3-2-4-6-16/h8-10,14,16H,2-7,12H2,1H3. The van der Waals surface area contributed by atoms with E-state index in [4.69, 9.17) is 10.8 Å². The van der Waals surface area contributed by atoms with Crippen LogP contribution in [-0.2, 0) is 7.05 Å². The molecule has 0 spiro atoms. The number of rotatable bonds is 8. The van der Waals surface area contributed by atoms with Crippen molar-refractivity contribution in [3.05, 3.63) is 18.2 Å². The molecule has 0 saturated heterocycles. The largest absolute Gasteiger partial charge is 0.396 e. The number of nitrogens with zero attached hydrogens (tertiary/aromatic N) is 2. The number of nitrogens with one attached hydrogen (secondary N) is 1. The lowest BCUT2D eigenvalue weighted by atomic mass is 10.2. The maximum Gasteiger partial charge on any atom is 0.0946 e. The highest BCUT2D eigenvalue weighted by Gasteiger charge is 2.11. The molecule has 0 aliphatic heterocycles. The Bertz CT molecular complexity index is 287. The third-order valence-electron chi connectivity index (χ3n) is 2.67. The molecule has 1 aromatic heterocycles. The summed E-state index contributed by atoms with van der Waals surface area (Å²) in [6, 6.07) is 0.168. The van der Waals surface area contributed by atoms with Crippen LogP contribution < -0.4 is 11.1 Å². The van der Waals surface area contributed by atoms with Crippen molar-refractivity contribution in [1.29, 1.82) is 0 Å². The van der Waals surface area contributed by atoms with Crippen molar-refractivity contribution in [2.75, 3.05) is 19.7 Å². The van der Waals surface area contributed by atoms with Crippen molar-refractivity contribution >= 4 is 0 Å². The second-order valence-electron chi connectivity index (χ2n) is 3.96. The Labute approximate surface area is 96.7 Å². The number of unbranched alkanes of at least 4 members (excludes halogenated alkanes) is 2. The van der Waals surface area contributed by atoms with E-state index in [1.54, 1.807) is 6.33 Å². The first-order chi connectivity index (χ1) is 7.79. The molecule has 1 atom stereocenters. The average molecular weight is 226 g/mol. The van der Waals surface area contributed by atoms with E-state index in [1.807, 2.05) is 17.8 Å². The molecule has 0 aliphatic carbocycles. The molecule has 1 heterocycles. The molecule has 1 unspecified atom stereocenters. The minimum Gasteiger partial charge on any atom is -0.396 e. The van der Waals surface area contributed by atoms with Crippen LogP contribution in [-0.4, -0.2) is 34.4 Å². The van der Waals surface area contributed by atoms with Gasteiger partial charge in [-0.05, 0) is 25.8 Å². The third-order valence-corrected chi connectivity index (χ3v) is 2.67. The van der Waals surface area contributed by atoms with E-state index >= 15 is 0 Å². The van der Waals surface area contributed by atoms with Crippen LogP contribution in [0, 0.1) is 0 Å². The number of imidazole rings is 1. The zero-order chi connectivity index (χ0) is 11.8. The van der Waals surface area contributed by atoms with Gasteiger partial charge in [-0.3, -0.25) is 0 Å². The smallest absolute Gasteiger partial charge is 0.0946 e. The highest BCUT2D eigenvalue weighted by Crippen LogP contribution is 2.09. The molecule has 0 radical (unpaired) electrons. The minimum absolute atomic E-state index is 0.168. The molecule has 0 saturated carbocycles. The van der Waals surface area contributed by atoms with Gasteiger partial charge >= 0.3 is 0 Å². The summed E-state index contributed by atoms with van der Waals surface area (Å²) in [7, 11) is 1.97. The summed E-state index contributed by atoms with van der Waals surface area (Å²) in [5, 5.41) is 12.1. The second kappa shape index (κ2) is 7.38. The van der Waals surface area contributed by atoms with Gasteiger partial charge in [-0.2, -0.15) is 0 Å². The van der Waals surface area contributed by atoms with Crippen LogP contribution in [0.4, 0.5) is 0 Å². The zero-order valence-corrected chi connectivity index (χ0v) is 9.89. The van der Waals surface area contributed by atoms with Gasteiger partial charge in [0.2, 0.25) is 0 Å². The summed E-state index contributed by atoms with van der Waals surface area (Å²) in [4.78, 5) is 4.08. The van der Waals surface area contributed by atoms with Crippen LogP contribution in [0.5, 0.6) is 0 Å². The molecule has 0 aliphatic rings. The van der Waals surface area contributed by atoms with Gasteiger partial charge < -0.3 is 20.7 Å². The van der Waals surface area contributed by atoms with E-state index in [1.165, 1.54) is 0 Å². The fourth-order valence-electron chi connectivity index (χ4n) is 1.70. The van der Waals surface area contributed by atoms with Gasteiger partial charge in [0.15, 0.2) is 0 Å². The zero-order valence-electron chi connectivity index (χ0n) is 9.89. The van der Waals surface area contributed by atoms with E-state index in [2.05, 4.69) is 10.3 Å². The molecule has 5 heteroatoms.